The van der Waals surface area contributed by atoms with Crippen molar-refractivity contribution >= 4 is 11.8 Å². The van der Waals surface area contributed by atoms with Crippen LogP contribution in [0.5, 0.6) is 0 Å². The number of rotatable bonds is 3. The second-order valence-electron chi connectivity index (χ2n) is 7.16. The standard InChI is InChI=1S/C20H27FN2O2/c1-2-18-5-3-4-12-23(18)20(25)16-10-13-22(14-11-16)19(24)15-6-8-17(21)9-7-15/h6-9,16,18H,2-5,10-14H2,1H3. The molecular weight excluding hydrogens is 319 g/mol. The van der Waals surface area contributed by atoms with E-state index < -0.39 is 0 Å². The van der Waals surface area contributed by atoms with Gasteiger partial charge in [0.05, 0.1) is 0 Å². The molecule has 1 aromatic carbocycles. The molecule has 0 radical (unpaired) electrons. The van der Waals surface area contributed by atoms with Crippen LogP contribution in [-0.4, -0.2) is 47.3 Å². The lowest BCUT2D eigenvalue weighted by Gasteiger charge is -2.39. The predicted octanol–water partition coefficient (Wildman–Crippen LogP) is 3.47. The molecule has 2 fully saturated rings. The minimum Gasteiger partial charge on any atom is -0.339 e. The van der Waals surface area contributed by atoms with Crippen molar-refractivity contribution in [2.24, 2.45) is 5.92 Å². The van der Waals surface area contributed by atoms with E-state index in [1.54, 1.807) is 4.90 Å². The fourth-order valence-corrected chi connectivity index (χ4v) is 4.05. The summed E-state index contributed by atoms with van der Waals surface area (Å²) in [6.07, 6.45) is 5.90. The molecule has 25 heavy (non-hydrogen) atoms. The summed E-state index contributed by atoms with van der Waals surface area (Å²) in [5, 5.41) is 0. The van der Waals surface area contributed by atoms with Gasteiger partial charge < -0.3 is 9.80 Å². The van der Waals surface area contributed by atoms with Crippen LogP contribution >= 0.6 is 0 Å². The molecule has 3 rings (SSSR count). The number of hydrogen-bond acceptors (Lipinski definition) is 2. The lowest BCUT2D eigenvalue weighted by molar-refractivity contribution is -0.140. The summed E-state index contributed by atoms with van der Waals surface area (Å²) in [4.78, 5) is 29.3. The second-order valence-corrected chi connectivity index (χ2v) is 7.16. The molecule has 2 saturated heterocycles. The Hall–Kier alpha value is -1.91. The van der Waals surface area contributed by atoms with Gasteiger partial charge in [-0.1, -0.05) is 6.92 Å². The van der Waals surface area contributed by atoms with Crippen LogP contribution in [0, 0.1) is 11.7 Å². The summed E-state index contributed by atoms with van der Waals surface area (Å²) in [5.74, 6) is -0.104. The molecule has 2 amide bonds. The predicted molar refractivity (Wildman–Crippen MR) is 94.7 cm³/mol. The molecule has 0 saturated carbocycles. The van der Waals surface area contributed by atoms with Crippen molar-refractivity contribution < 1.29 is 14.0 Å². The maximum absolute atomic E-state index is 13.0. The van der Waals surface area contributed by atoms with Crippen molar-refractivity contribution in [3.05, 3.63) is 35.6 Å². The zero-order valence-electron chi connectivity index (χ0n) is 14.9. The van der Waals surface area contributed by atoms with Crippen molar-refractivity contribution in [1.29, 1.82) is 0 Å². The zero-order chi connectivity index (χ0) is 17.8. The first-order valence-electron chi connectivity index (χ1n) is 9.45. The van der Waals surface area contributed by atoms with Gasteiger partial charge in [-0.2, -0.15) is 0 Å². The number of likely N-dealkylation sites (tertiary alicyclic amines) is 2. The number of carbonyl (C=O) groups is 2. The highest BCUT2D eigenvalue weighted by Crippen LogP contribution is 2.26. The van der Waals surface area contributed by atoms with E-state index in [4.69, 9.17) is 0 Å². The summed E-state index contributed by atoms with van der Waals surface area (Å²) in [7, 11) is 0. The summed E-state index contributed by atoms with van der Waals surface area (Å²) >= 11 is 0. The van der Waals surface area contributed by atoms with E-state index in [2.05, 4.69) is 11.8 Å². The van der Waals surface area contributed by atoms with E-state index in [9.17, 15) is 14.0 Å². The van der Waals surface area contributed by atoms with Crippen LogP contribution < -0.4 is 0 Å². The van der Waals surface area contributed by atoms with Gasteiger partial charge >= 0.3 is 0 Å². The number of carbonyl (C=O) groups excluding carboxylic acids is 2. The summed E-state index contributed by atoms with van der Waals surface area (Å²) in [5.41, 5.74) is 0.508. The van der Waals surface area contributed by atoms with Crippen LogP contribution in [0.2, 0.25) is 0 Å². The van der Waals surface area contributed by atoms with Crippen LogP contribution in [0.4, 0.5) is 4.39 Å². The summed E-state index contributed by atoms with van der Waals surface area (Å²) < 4.78 is 13.0. The van der Waals surface area contributed by atoms with Gasteiger partial charge in [-0.05, 0) is 62.8 Å². The molecule has 2 heterocycles. The maximum Gasteiger partial charge on any atom is 0.253 e. The first kappa shape index (κ1) is 17.9. The van der Waals surface area contributed by atoms with Crippen molar-refractivity contribution in [2.45, 2.75) is 51.5 Å². The van der Waals surface area contributed by atoms with Gasteiger partial charge in [0.25, 0.3) is 5.91 Å². The number of halogens is 1. The Morgan fingerprint density at radius 2 is 1.72 bits per heavy atom. The Kier molecular flexibility index (Phi) is 5.71. The normalized spacial score (nSPS) is 22.1. The van der Waals surface area contributed by atoms with Gasteiger partial charge in [0, 0.05) is 37.2 Å². The lowest BCUT2D eigenvalue weighted by Crippen LogP contribution is -2.49. The SMILES string of the molecule is CCC1CCCCN1C(=O)C1CCN(C(=O)c2ccc(F)cc2)CC1. The average molecular weight is 346 g/mol. The van der Waals surface area contributed by atoms with Crippen LogP contribution in [0.3, 0.4) is 0 Å². The van der Waals surface area contributed by atoms with Gasteiger partial charge in [0.15, 0.2) is 0 Å². The Bertz CT molecular complexity index is 609. The van der Waals surface area contributed by atoms with Crippen molar-refractivity contribution in [3.8, 4) is 0 Å². The van der Waals surface area contributed by atoms with E-state index in [1.807, 2.05) is 0 Å². The highest BCUT2D eigenvalue weighted by atomic mass is 19.1. The largest absolute Gasteiger partial charge is 0.339 e. The van der Waals surface area contributed by atoms with Gasteiger partial charge in [-0.3, -0.25) is 9.59 Å². The van der Waals surface area contributed by atoms with Crippen LogP contribution in [-0.2, 0) is 4.79 Å². The molecule has 0 spiro atoms. The molecule has 5 heteroatoms. The first-order chi connectivity index (χ1) is 12.1. The van der Waals surface area contributed by atoms with Crippen LogP contribution in [0.25, 0.3) is 0 Å². The number of hydrogen-bond donors (Lipinski definition) is 0. The van der Waals surface area contributed by atoms with E-state index in [0.29, 0.717) is 24.7 Å². The van der Waals surface area contributed by atoms with Gasteiger partial charge in [-0.25, -0.2) is 4.39 Å². The molecule has 136 valence electrons. The smallest absolute Gasteiger partial charge is 0.253 e. The molecule has 0 aliphatic carbocycles. The Labute approximate surface area is 149 Å². The third-order valence-electron chi connectivity index (χ3n) is 5.60. The van der Waals surface area contributed by atoms with Crippen molar-refractivity contribution in [2.75, 3.05) is 19.6 Å². The highest BCUT2D eigenvalue weighted by molar-refractivity contribution is 5.94. The number of benzene rings is 1. The second kappa shape index (κ2) is 7.98. The molecule has 4 nitrogen and oxygen atoms in total. The fraction of sp³-hybridized carbons (Fsp3) is 0.600. The number of piperidine rings is 2. The Morgan fingerprint density at radius 3 is 2.36 bits per heavy atom. The molecular formula is C20H27FN2O2. The number of amides is 2. The Balaban J connectivity index is 1.56. The molecule has 2 aliphatic heterocycles. The average Bonchev–Trinajstić information content (AvgIpc) is 2.67. The first-order valence-corrected chi connectivity index (χ1v) is 9.45. The fourth-order valence-electron chi connectivity index (χ4n) is 4.05. The summed E-state index contributed by atoms with van der Waals surface area (Å²) in [6, 6.07) is 6.05. The molecule has 0 aromatic heterocycles. The van der Waals surface area contributed by atoms with Gasteiger partial charge in [0.1, 0.15) is 5.82 Å². The molecule has 1 unspecified atom stereocenters. The maximum atomic E-state index is 13.0. The van der Waals surface area contributed by atoms with E-state index in [0.717, 1.165) is 38.6 Å². The van der Waals surface area contributed by atoms with E-state index >= 15 is 0 Å². The quantitative estimate of drug-likeness (QED) is 0.841. The van der Waals surface area contributed by atoms with Crippen LogP contribution in [0.15, 0.2) is 24.3 Å². The third-order valence-corrected chi connectivity index (χ3v) is 5.60. The zero-order valence-corrected chi connectivity index (χ0v) is 14.9. The van der Waals surface area contributed by atoms with E-state index in [1.165, 1.54) is 30.7 Å². The molecule has 0 bridgehead atoms. The topological polar surface area (TPSA) is 40.6 Å². The molecule has 0 N–H and O–H groups in total. The van der Waals surface area contributed by atoms with Gasteiger partial charge in [0.2, 0.25) is 5.91 Å². The monoisotopic (exact) mass is 346 g/mol. The Morgan fingerprint density at radius 1 is 1.04 bits per heavy atom. The van der Waals surface area contributed by atoms with E-state index in [-0.39, 0.29) is 23.5 Å². The highest BCUT2D eigenvalue weighted by Gasteiger charge is 2.33. The minimum absolute atomic E-state index is 0.0319. The number of nitrogens with zero attached hydrogens (tertiary/aromatic N) is 2. The minimum atomic E-state index is -0.340. The molecule has 1 aromatic rings. The van der Waals surface area contributed by atoms with Gasteiger partial charge in [-0.15, -0.1) is 0 Å². The third kappa shape index (κ3) is 4.02. The molecule has 1 atom stereocenters. The molecule has 2 aliphatic rings. The van der Waals surface area contributed by atoms with Crippen LogP contribution in [0.1, 0.15) is 55.8 Å². The van der Waals surface area contributed by atoms with Crippen molar-refractivity contribution in [3.63, 3.8) is 0 Å². The summed E-state index contributed by atoms with van der Waals surface area (Å²) in [6.45, 7) is 4.22. The van der Waals surface area contributed by atoms with Crippen molar-refractivity contribution in [1.82, 2.24) is 9.80 Å². The lowest BCUT2D eigenvalue weighted by atomic mass is 9.91.